The molecule has 10 aliphatic rings. The van der Waals surface area contributed by atoms with Gasteiger partial charge in [-0.3, -0.25) is 4.90 Å². The molecular formula is C78H108N4O8. The zero-order valence-corrected chi connectivity index (χ0v) is 54.9. The van der Waals surface area contributed by atoms with E-state index in [9.17, 15) is 5.11 Å². The second kappa shape index (κ2) is 32.6. The van der Waals surface area contributed by atoms with Gasteiger partial charge in [0.25, 0.3) is 0 Å². The largest absolute Gasteiger partial charge is 0.496 e. The van der Waals surface area contributed by atoms with E-state index in [-0.39, 0.29) is 12.0 Å². The minimum absolute atomic E-state index is 0.178. The summed E-state index contributed by atoms with van der Waals surface area (Å²) in [6.07, 6.45) is 24.3. The molecule has 9 fully saturated rings. The molecule has 12 heteroatoms. The van der Waals surface area contributed by atoms with Crippen LogP contribution in [0.5, 0.6) is 28.7 Å². The Bertz CT molecular complexity index is 2920. The number of β-amino-alcohol motifs (C(OH)–C–C–N with tert-alkyl or cyclic N) is 1. The highest BCUT2D eigenvalue weighted by Gasteiger charge is 2.43. The van der Waals surface area contributed by atoms with Crippen LogP contribution >= 0.6 is 0 Å². The Morgan fingerprint density at radius 3 is 1.54 bits per heavy atom. The van der Waals surface area contributed by atoms with Gasteiger partial charge in [0.15, 0.2) is 11.5 Å². The van der Waals surface area contributed by atoms with E-state index in [2.05, 4.69) is 117 Å². The fourth-order valence-electron chi connectivity index (χ4n) is 18.0. The Labute approximate surface area is 540 Å². The molecule has 0 amide bonds. The topological polar surface area (TPSA) is 97.8 Å². The van der Waals surface area contributed by atoms with Crippen LogP contribution in [0.4, 0.5) is 0 Å². The van der Waals surface area contributed by atoms with Crippen molar-refractivity contribution in [3.05, 3.63) is 149 Å². The van der Waals surface area contributed by atoms with Gasteiger partial charge in [0, 0.05) is 69.1 Å². The minimum Gasteiger partial charge on any atom is -0.496 e. The molecule has 4 unspecified atom stereocenters. The van der Waals surface area contributed by atoms with Gasteiger partial charge >= 0.3 is 0 Å². The summed E-state index contributed by atoms with van der Waals surface area (Å²) < 4.78 is 38.7. The molecule has 90 heavy (non-hydrogen) atoms. The van der Waals surface area contributed by atoms with Crippen LogP contribution in [0.2, 0.25) is 0 Å². The molecule has 0 aromatic heterocycles. The van der Waals surface area contributed by atoms with Gasteiger partial charge in [-0.1, -0.05) is 103 Å². The van der Waals surface area contributed by atoms with Crippen LogP contribution in [0, 0.1) is 17.8 Å². The van der Waals surface area contributed by atoms with E-state index in [4.69, 9.17) is 33.2 Å². The monoisotopic (exact) mass is 1230 g/mol. The lowest BCUT2D eigenvalue weighted by Gasteiger charge is -2.42. The third-order valence-electron chi connectivity index (χ3n) is 23.0. The van der Waals surface area contributed by atoms with Gasteiger partial charge in [-0.15, -0.1) is 0 Å². The number of aliphatic hydroxyl groups is 1. The summed E-state index contributed by atoms with van der Waals surface area (Å²) in [7, 11) is 5.26. The van der Waals surface area contributed by atoms with Gasteiger partial charge in [0.1, 0.15) is 17.2 Å². The van der Waals surface area contributed by atoms with Gasteiger partial charge in [0.05, 0.1) is 27.4 Å². The van der Waals surface area contributed by atoms with E-state index in [1.807, 2.05) is 24.3 Å². The van der Waals surface area contributed by atoms with Crippen LogP contribution in [-0.2, 0) is 9.47 Å². The van der Waals surface area contributed by atoms with Crippen molar-refractivity contribution >= 4 is 0 Å². The SMILES string of the molecule is COc1ccccc1C1CCN(C2CCC(c3ccccc3)CC2)CC1.COc1ccccc1C1CCN(C2CCOCC2)CC1O.COc1ccccc1C1CCN(CC2CCOCC2)CC1.c1cc2c(c(C3CCN(C4C[C@@H]5CCC4C5)CC3)c1)OCO2. The number of hydrogen-bond donors (Lipinski definition) is 1. The van der Waals surface area contributed by atoms with E-state index in [0.717, 1.165) is 129 Å². The van der Waals surface area contributed by atoms with Crippen molar-refractivity contribution in [1.82, 2.24) is 19.6 Å². The number of hydrogen-bond acceptors (Lipinski definition) is 12. The fourth-order valence-corrected chi connectivity index (χ4v) is 18.0. The molecule has 5 aromatic carbocycles. The molecule has 2 bridgehead atoms. The molecule has 3 saturated carbocycles. The first-order valence-electron chi connectivity index (χ1n) is 35.5. The molecule has 15 rings (SSSR count). The average molecular weight is 1230 g/mol. The fraction of sp³-hybridized carbons (Fsp3) is 0.615. The van der Waals surface area contributed by atoms with Crippen LogP contribution in [-0.4, -0.2) is 162 Å². The minimum atomic E-state index is -0.321. The molecule has 12 nitrogen and oxygen atoms in total. The lowest BCUT2D eigenvalue weighted by Crippen LogP contribution is -2.49. The van der Waals surface area contributed by atoms with E-state index in [1.165, 1.54) is 165 Å². The van der Waals surface area contributed by atoms with Crippen molar-refractivity contribution in [2.24, 2.45) is 17.8 Å². The maximum atomic E-state index is 10.6. The normalized spacial score (nSPS) is 27.5. The van der Waals surface area contributed by atoms with Crippen LogP contribution in [0.15, 0.2) is 121 Å². The zero-order chi connectivity index (χ0) is 61.4. The lowest BCUT2D eigenvalue weighted by atomic mass is 9.80. The third-order valence-corrected chi connectivity index (χ3v) is 23.0. The highest BCUT2D eigenvalue weighted by molar-refractivity contribution is 5.50. The number of ether oxygens (including phenoxy) is 7. The summed E-state index contributed by atoms with van der Waals surface area (Å²) in [5.41, 5.74) is 6.86. The summed E-state index contributed by atoms with van der Waals surface area (Å²) in [6.45, 7) is 14.5. The number of likely N-dealkylation sites (tertiary alicyclic amines) is 4. The summed E-state index contributed by atoms with van der Waals surface area (Å²) >= 11 is 0. The molecule has 0 radical (unpaired) electrons. The van der Waals surface area contributed by atoms with Crippen molar-refractivity contribution in [1.29, 1.82) is 0 Å². The van der Waals surface area contributed by atoms with Gasteiger partial charge in [0.2, 0.25) is 6.79 Å². The Morgan fingerprint density at radius 2 is 0.956 bits per heavy atom. The number of para-hydroxylation sites is 4. The molecule has 5 atom stereocenters. The maximum Gasteiger partial charge on any atom is 0.231 e. The molecule has 7 heterocycles. The Morgan fingerprint density at radius 1 is 0.433 bits per heavy atom. The molecule has 6 saturated heterocycles. The highest BCUT2D eigenvalue weighted by atomic mass is 16.7. The van der Waals surface area contributed by atoms with Crippen LogP contribution < -0.4 is 23.7 Å². The molecule has 7 aliphatic heterocycles. The van der Waals surface area contributed by atoms with Crippen molar-refractivity contribution in [2.45, 2.75) is 176 Å². The predicted octanol–water partition coefficient (Wildman–Crippen LogP) is 14.7. The highest BCUT2D eigenvalue weighted by Crippen LogP contribution is 2.49. The van der Waals surface area contributed by atoms with Gasteiger partial charge < -0.3 is 53.0 Å². The lowest BCUT2D eigenvalue weighted by molar-refractivity contribution is -0.0125. The summed E-state index contributed by atoms with van der Waals surface area (Å²) in [5.74, 6) is 10.8. The predicted molar refractivity (Wildman–Crippen MR) is 360 cm³/mol. The average Bonchev–Trinajstić information content (AvgIpc) is 2.58. The molecule has 488 valence electrons. The van der Waals surface area contributed by atoms with E-state index < -0.39 is 0 Å². The first-order chi connectivity index (χ1) is 44.4. The Balaban J connectivity index is 0.000000117. The molecular weight excluding hydrogens is 1120 g/mol. The molecule has 1 N–H and O–H groups in total. The summed E-state index contributed by atoms with van der Waals surface area (Å²) in [4.78, 5) is 10.7. The standard InChI is InChI=1S/C24H31NO.C19H25NO2.C18H27NO2.C17H25NO3/c1-26-24-10-6-5-9-23(24)21-15-17-25(18-16-21)22-13-11-20(12-14-22)19-7-3-2-4-8-19;1-2-16(19-18(3-1)21-12-22-19)14-6-8-20(9-7-14)17-11-13-4-5-15(17)10-13;1-20-18-5-3-2-4-17(18)16-6-10-19(11-7-16)14-15-8-12-21-13-9-15;1-20-17-5-3-2-4-15(17)14-6-9-18(12-16(14)19)13-7-10-21-11-8-13/h2-10,20-22H,11-18H2,1H3;1-3,13-15,17H,4-12H2;2-5,15-16H,6-14H2,1H3;2-5,13-14,16,19H,6-12H2,1H3/t;13-,15?,17?;;/m.1../s1. The van der Waals surface area contributed by atoms with E-state index in [1.54, 1.807) is 26.9 Å². The quantitative estimate of drug-likeness (QED) is 0.122. The van der Waals surface area contributed by atoms with Gasteiger partial charge in [-0.25, -0.2) is 0 Å². The number of benzene rings is 5. The number of methoxy groups -OCH3 is 3. The first-order valence-corrected chi connectivity index (χ1v) is 35.5. The molecule has 3 aliphatic carbocycles. The van der Waals surface area contributed by atoms with Crippen molar-refractivity contribution in [3.8, 4) is 28.7 Å². The van der Waals surface area contributed by atoms with Crippen LogP contribution in [0.25, 0.3) is 0 Å². The number of fused-ring (bicyclic) bond motifs is 3. The Kier molecular flexibility index (Phi) is 23.5. The number of piperidine rings is 4. The summed E-state index contributed by atoms with van der Waals surface area (Å²) in [6, 6.07) is 44.9. The Hall–Kier alpha value is -5.18. The number of aliphatic hydroxyl groups excluding tert-OH is 1. The maximum absolute atomic E-state index is 10.6. The van der Waals surface area contributed by atoms with Gasteiger partial charge in [-0.05, 0) is 249 Å². The number of nitrogens with zero attached hydrogens (tertiary/aromatic N) is 4. The van der Waals surface area contributed by atoms with Crippen molar-refractivity contribution in [2.75, 3.05) is 113 Å². The van der Waals surface area contributed by atoms with Crippen LogP contribution in [0.1, 0.15) is 179 Å². The van der Waals surface area contributed by atoms with Crippen molar-refractivity contribution < 1.29 is 38.3 Å². The van der Waals surface area contributed by atoms with E-state index >= 15 is 0 Å². The second-order valence-electron chi connectivity index (χ2n) is 28.0. The van der Waals surface area contributed by atoms with Crippen LogP contribution in [0.3, 0.4) is 0 Å². The first kappa shape index (κ1) is 64.9. The second-order valence-corrected chi connectivity index (χ2v) is 28.0. The smallest absolute Gasteiger partial charge is 0.231 e. The molecule has 0 spiro atoms. The van der Waals surface area contributed by atoms with E-state index in [0.29, 0.717) is 30.6 Å². The number of rotatable bonds is 13. The zero-order valence-electron chi connectivity index (χ0n) is 54.9. The third kappa shape index (κ3) is 16.4. The van der Waals surface area contributed by atoms with Gasteiger partial charge in [-0.2, -0.15) is 0 Å². The molecule has 5 aromatic rings. The summed E-state index contributed by atoms with van der Waals surface area (Å²) in [5, 5.41) is 10.6. The van der Waals surface area contributed by atoms with Crippen molar-refractivity contribution in [3.63, 3.8) is 0 Å².